The lowest BCUT2D eigenvalue weighted by molar-refractivity contribution is -0.151. The third-order valence-corrected chi connectivity index (χ3v) is 4.68. The average molecular weight is 376 g/mol. The van der Waals surface area contributed by atoms with Crippen LogP contribution >= 0.6 is 11.6 Å². The molecular formula is C20H19ClFNO3. The highest BCUT2D eigenvalue weighted by Crippen LogP contribution is 2.21. The molecule has 6 heteroatoms. The molecule has 1 aliphatic heterocycles. The number of amides is 1. The molecule has 0 spiro atoms. The first-order valence-corrected chi connectivity index (χ1v) is 8.86. The Labute approximate surface area is 156 Å². The van der Waals surface area contributed by atoms with Gasteiger partial charge in [0.25, 0.3) is 5.91 Å². The van der Waals surface area contributed by atoms with Crippen molar-refractivity contribution in [2.45, 2.75) is 19.4 Å². The van der Waals surface area contributed by atoms with Gasteiger partial charge >= 0.3 is 5.97 Å². The van der Waals surface area contributed by atoms with Crippen LogP contribution in [-0.2, 0) is 16.1 Å². The summed E-state index contributed by atoms with van der Waals surface area (Å²) in [6.45, 7) is 1.07. The van der Waals surface area contributed by atoms with Gasteiger partial charge in [-0.3, -0.25) is 9.59 Å². The largest absolute Gasteiger partial charge is 0.461 e. The summed E-state index contributed by atoms with van der Waals surface area (Å²) in [5.74, 6) is -1.24. The Morgan fingerprint density at radius 1 is 1.12 bits per heavy atom. The third kappa shape index (κ3) is 4.61. The number of hydrogen-bond acceptors (Lipinski definition) is 3. The number of piperidine rings is 1. The maximum absolute atomic E-state index is 13.0. The van der Waals surface area contributed by atoms with Crippen LogP contribution in [0.4, 0.5) is 4.39 Å². The van der Waals surface area contributed by atoms with E-state index in [-0.39, 0.29) is 30.2 Å². The van der Waals surface area contributed by atoms with Crippen molar-refractivity contribution in [3.05, 3.63) is 70.5 Å². The summed E-state index contributed by atoms with van der Waals surface area (Å²) in [5, 5.41) is 0.627. The smallest absolute Gasteiger partial charge is 0.311 e. The van der Waals surface area contributed by atoms with E-state index in [0.29, 0.717) is 30.1 Å². The molecule has 2 aromatic rings. The van der Waals surface area contributed by atoms with Crippen molar-refractivity contribution in [3.8, 4) is 0 Å². The predicted molar refractivity (Wildman–Crippen MR) is 96.3 cm³/mol. The number of rotatable bonds is 4. The SMILES string of the molecule is O=C(OCc1ccc(Cl)cc1)C1CCCN(C(=O)c2ccc(F)cc2)C1. The van der Waals surface area contributed by atoms with Gasteiger partial charge in [-0.25, -0.2) is 4.39 Å². The maximum Gasteiger partial charge on any atom is 0.311 e. The van der Waals surface area contributed by atoms with E-state index < -0.39 is 0 Å². The van der Waals surface area contributed by atoms with Crippen LogP contribution in [0.15, 0.2) is 48.5 Å². The van der Waals surface area contributed by atoms with Gasteiger partial charge in [0.05, 0.1) is 5.92 Å². The van der Waals surface area contributed by atoms with E-state index in [1.54, 1.807) is 29.2 Å². The van der Waals surface area contributed by atoms with Gasteiger partial charge in [-0.1, -0.05) is 23.7 Å². The van der Waals surface area contributed by atoms with Crippen molar-refractivity contribution >= 4 is 23.5 Å². The highest BCUT2D eigenvalue weighted by molar-refractivity contribution is 6.30. The Hall–Kier alpha value is -2.40. The summed E-state index contributed by atoms with van der Waals surface area (Å²) >= 11 is 5.83. The summed E-state index contributed by atoms with van der Waals surface area (Å²) < 4.78 is 18.4. The van der Waals surface area contributed by atoms with Gasteiger partial charge in [0.15, 0.2) is 0 Å². The van der Waals surface area contributed by atoms with E-state index in [1.807, 2.05) is 0 Å². The fourth-order valence-corrected chi connectivity index (χ4v) is 3.11. The second-order valence-electron chi connectivity index (χ2n) is 6.33. The number of esters is 1. The van der Waals surface area contributed by atoms with Crippen molar-refractivity contribution in [3.63, 3.8) is 0 Å². The molecule has 0 aromatic heterocycles. The van der Waals surface area contributed by atoms with Crippen molar-refractivity contribution in [2.24, 2.45) is 5.92 Å². The summed E-state index contributed by atoms with van der Waals surface area (Å²) in [5.41, 5.74) is 1.28. The molecule has 0 N–H and O–H groups in total. The molecule has 26 heavy (non-hydrogen) atoms. The topological polar surface area (TPSA) is 46.6 Å². The Morgan fingerprint density at radius 2 is 1.81 bits per heavy atom. The molecule has 2 aromatic carbocycles. The lowest BCUT2D eigenvalue weighted by atomic mass is 9.97. The number of nitrogens with zero attached hydrogens (tertiary/aromatic N) is 1. The molecule has 1 amide bonds. The molecule has 1 saturated heterocycles. The Bertz CT molecular complexity index is 777. The zero-order valence-electron chi connectivity index (χ0n) is 14.2. The van der Waals surface area contributed by atoms with Gasteiger partial charge in [0.2, 0.25) is 0 Å². The van der Waals surface area contributed by atoms with Crippen LogP contribution in [0.1, 0.15) is 28.8 Å². The first-order valence-electron chi connectivity index (χ1n) is 8.49. The quantitative estimate of drug-likeness (QED) is 0.756. The third-order valence-electron chi connectivity index (χ3n) is 4.43. The lowest BCUT2D eigenvalue weighted by Gasteiger charge is -2.31. The van der Waals surface area contributed by atoms with E-state index in [2.05, 4.69) is 0 Å². The van der Waals surface area contributed by atoms with Crippen LogP contribution in [0, 0.1) is 11.7 Å². The predicted octanol–water partition coefficient (Wildman–Crippen LogP) is 4.07. The summed E-state index contributed by atoms with van der Waals surface area (Å²) in [4.78, 5) is 26.5. The molecular weight excluding hydrogens is 357 g/mol. The summed E-state index contributed by atoms with van der Waals surface area (Å²) in [6, 6.07) is 12.5. The standard InChI is InChI=1S/C20H19ClFNO3/c21-17-7-3-14(4-8-17)13-26-20(25)16-2-1-11-23(12-16)19(24)15-5-9-18(22)10-6-15/h3-10,16H,1-2,11-13H2. The van der Waals surface area contributed by atoms with E-state index in [0.717, 1.165) is 12.0 Å². The number of benzene rings is 2. The first-order chi connectivity index (χ1) is 12.5. The van der Waals surface area contributed by atoms with Crippen molar-refractivity contribution in [1.29, 1.82) is 0 Å². The number of carbonyl (C=O) groups is 2. The second kappa shape index (κ2) is 8.32. The maximum atomic E-state index is 13.0. The van der Waals surface area contributed by atoms with Gasteiger partial charge in [-0.2, -0.15) is 0 Å². The van der Waals surface area contributed by atoms with Crippen LogP contribution in [0.5, 0.6) is 0 Å². The molecule has 1 aliphatic rings. The molecule has 0 radical (unpaired) electrons. The molecule has 4 nitrogen and oxygen atoms in total. The Balaban J connectivity index is 1.57. The molecule has 1 fully saturated rings. The molecule has 1 atom stereocenters. The van der Waals surface area contributed by atoms with Gasteiger partial charge in [-0.05, 0) is 54.8 Å². The van der Waals surface area contributed by atoms with Crippen molar-refractivity contribution < 1.29 is 18.7 Å². The molecule has 1 heterocycles. The number of carbonyl (C=O) groups excluding carboxylic acids is 2. The van der Waals surface area contributed by atoms with Crippen LogP contribution in [0.2, 0.25) is 5.02 Å². The van der Waals surface area contributed by atoms with Crippen molar-refractivity contribution in [2.75, 3.05) is 13.1 Å². The van der Waals surface area contributed by atoms with Crippen LogP contribution in [0.25, 0.3) is 0 Å². The van der Waals surface area contributed by atoms with Gasteiger partial charge in [0, 0.05) is 23.7 Å². The zero-order valence-corrected chi connectivity index (χ0v) is 14.9. The summed E-state index contributed by atoms with van der Waals surface area (Å²) in [7, 11) is 0. The number of likely N-dealkylation sites (tertiary alicyclic amines) is 1. The van der Waals surface area contributed by atoms with Crippen LogP contribution in [0.3, 0.4) is 0 Å². The number of hydrogen-bond donors (Lipinski definition) is 0. The van der Waals surface area contributed by atoms with Crippen molar-refractivity contribution in [1.82, 2.24) is 4.90 Å². The minimum absolute atomic E-state index is 0.179. The van der Waals surface area contributed by atoms with Gasteiger partial charge in [-0.15, -0.1) is 0 Å². The van der Waals surface area contributed by atoms with E-state index in [4.69, 9.17) is 16.3 Å². The molecule has 3 rings (SSSR count). The minimum atomic E-state index is -0.385. The fourth-order valence-electron chi connectivity index (χ4n) is 2.98. The first kappa shape index (κ1) is 18.4. The number of ether oxygens (including phenoxy) is 1. The van der Waals surface area contributed by atoms with E-state index in [1.165, 1.54) is 24.3 Å². The monoisotopic (exact) mass is 375 g/mol. The molecule has 1 unspecified atom stereocenters. The normalized spacial score (nSPS) is 17.0. The summed E-state index contributed by atoms with van der Waals surface area (Å²) in [6.07, 6.45) is 1.42. The van der Waals surface area contributed by atoms with Gasteiger partial charge < -0.3 is 9.64 Å². The van der Waals surface area contributed by atoms with E-state index in [9.17, 15) is 14.0 Å². The van der Waals surface area contributed by atoms with E-state index >= 15 is 0 Å². The van der Waals surface area contributed by atoms with Crippen LogP contribution < -0.4 is 0 Å². The van der Waals surface area contributed by atoms with Crippen LogP contribution in [-0.4, -0.2) is 29.9 Å². The fraction of sp³-hybridized carbons (Fsp3) is 0.300. The molecule has 0 aliphatic carbocycles. The highest BCUT2D eigenvalue weighted by Gasteiger charge is 2.30. The van der Waals surface area contributed by atoms with Gasteiger partial charge in [0.1, 0.15) is 12.4 Å². The lowest BCUT2D eigenvalue weighted by Crippen LogP contribution is -2.42. The minimum Gasteiger partial charge on any atom is -0.461 e. The Morgan fingerprint density at radius 3 is 2.50 bits per heavy atom. The number of halogens is 2. The average Bonchev–Trinajstić information content (AvgIpc) is 2.67. The molecule has 136 valence electrons. The zero-order chi connectivity index (χ0) is 18.5. The highest BCUT2D eigenvalue weighted by atomic mass is 35.5. The second-order valence-corrected chi connectivity index (χ2v) is 6.77. The Kier molecular flexibility index (Phi) is 5.89. The molecule has 0 saturated carbocycles. The molecule has 0 bridgehead atoms.